The van der Waals surface area contributed by atoms with Crippen molar-refractivity contribution in [1.82, 2.24) is 0 Å². The average Bonchev–Trinajstić information content (AvgIpc) is 2.79. The Morgan fingerprint density at radius 2 is 1.82 bits per heavy atom. The van der Waals surface area contributed by atoms with Crippen molar-refractivity contribution in [3.05, 3.63) is 30.3 Å². The Labute approximate surface area is 131 Å². The molecular weight excluding hydrogens is 278 g/mol. The summed E-state index contributed by atoms with van der Waals surface area (Å²) in [6.45, 7) is 8.40. The third-order valence-electron chi connectivity index (χ3n) is 6.06. The molecule has 4 nitrogen and oxygen atoms in total. The number of fused-ring (bicyclic) bond motifs is 2. The maximum Gasteiger partial charge on any atom is 0.313 e. The topological polar surface area (TPSA) is 46.6 Å². The number of carbonyl (C=O) groups is 2. The van der Waals surface area contributed by atoms with Gasteiger partial charge in [-0.1, -0.05) is 32.0 Å². The summed E-state index contributed by atoms with van der Waals surface area (Å²) in [7, 11) is 0. The predicted molar refractivity (Wildman–Crippen MR) is 84.4 cm³/mol. The molecule has 1 saturated heterocycles. The lowest BCUT2D eigenvalue weighted by atomic mass is 9.66. The SMILES string of the molecule is CCN(C(=O)[C@]12CC[C@@](C)(C(=O)O1)C2(C)C)c1ccccc1. The summed E-state index contributed by atoms with van der Waals surface area (Å²) >= 11 is 0. The van der Waals surface area contributed by atoms with Crippen molar-refractivity contribution >= 4 is 17.6 Å². The van der Waals surface area contributed by atoms with Crippen molar-refractivity contribution in [2.75, 3.05) is 11.4 Å². The highest BCUT2D eigenvalue weighted by Crippen LogP contribution is 2.66. The monoisotopic (exact) mass is 301 g/mol. The van der Waals surface area contributed by atoms with Crippen LogP contribution in [-0.4, -0.2) is 24.0 Å². The number of rotatable bonds is 3. The Bertz CT molecular complexity index is 624. The molecule has 1 saturated carbocycles. The minimum Gasteiger partial charge on any atom is -0.448 e. The van der Waals surface area contributed by atoms with Crippen LogP contribution in [0.1, 0.15) is 40.5 Å². The lowest BCUT2D eigenvalue weighted by Crippen LogP contribution is -2.55. The van der Waals surface area contributed by atoms with Gasteiger partial charge in [0.1, 0.15) is 0 Å². The minimum absolute atomic E-state index is 0.0965. The molecule has 0 unspecified atom stereocenters. The second kappa shape index (κ2) is 4.58. The van der Waals surface area contributed by atoms with Crippen molar-refractivity contribution < 1.29 is 14.3 Å². The molecule has 2 bridgehead atoms. The number of para-hydroxylation sites is 1. The number of carbonyl (C=O) groups excluding carboxylic acids is 2. The molecule has 2 atom stereocenters. The first-order chi connectivity index (χ1) is 10.3. The van der Waals surface area contributed by atoms with E-state index in [1.54, 1.807) is 4.90 Å². The van der Waals surface area contributed by atoms with Crippen LogP contribution in [0.2, 0.25) is 0 Å². The molecule has 1 amide bonds. The largest absolute Gasteiger partial charge is 0.448 e. The van der Waals surface area contributed by atoms with Gasteiger partial charge in [-0.25, -0.2) is 0 Å². The molecule has 1 aliphatic heterocycles. The quantitative estimate of drug-likeness (QED) is 0.806. The van der Waals surface area contributed by atoms with Crippen molar-refractivity contribution in [2.45, 2.75) is 46.1 Å². The van der Waals surface area contributed by atoms with E-state index in [2.05, 4.69) is 0 Å². The molecule has 0 radical (unpaired) electrons. The maximum absolute atomic E-state index is 13.3. The van der Waals surface area contributed by atoms with E-state index < -0.39 is 16.4 Å². The maximum atomic E-state index is 13.3. The average molecular weight is 301 g/mol. The molecule has 22 heavy (non-hydrogen) atoms. The van der Waals surface area contributed by atoms with E-state index in [0.717, 1.165) is 5.69 Å². The number of esters is 1. The summed E-state index contributed by atoms with van der Waals surface area (Å²) in [6.07, 6.45) is 1.31. The van der Waals surface area contributed by atoms with E-state index in [9.17, 15) is 9.59 Å². The van der Waals surface area contributed by atoms with Crippen LogP contribution in [0.15, 0.2) is 30.3 Å². The second-order valence-electron chi connectivity index (χ2n) is 7.06. The summed E-state index contributed by atoms with van der Waals surface area (Å²) in [5, 5.41) is 0. The van der Waals surface area contributed by atoms with Gasteiger partial charge >= 0.3 is 5.97 Å². The van der Waals surface area contributed by atoms with Gasteiger partial charge in [0.05, 0.1) is 5.41 Å². The van der Waals surface area contributed by atoms with Crippen molar-refractivity contribution in [2.24, 2.45) is 10.8 Å². The van der Waals surface area contributed by atoms with E-state index in [0.29, 0.717) is 19.4 Å². The smallest absolute Gasteiger partial charge is 0.313 e. The zero-order valence-corrected chi connectivity index (χ0v) is 13.7. The molecule has 2 aliphatic rings. The van der Waals surface area contributed by atoms with Gasteiger partial charge in [-0.05, 0) is 38.8 Å². The summed E-state index contributed by atoms with van der Waals surface area (Å²) in [5.41, 5.74) is -1.27. The molecule has 0 spiro atoms. The van der Waals surface area contributed by atoms with E-state index >= 15 is 0 Å². The number of amides is 1. The van der Waals surface area contributed by atoms with Crippen LogP contribution in [-0.2, 0) is 14.3 Å². The zero-order valence-electron chi connectivity index (χ0n) is 13.7. The van der Waals surface area contributed by atoms with Crippen molar-refractivity contribution in [3.8, 4) is 0 Å². The first-order valence-corrected chi connectivity index (χ1v) is 7.90. The van der Waals surface area contributed by atoms with Crippen LogP contribution in [0.25, 0.3) is 0 Å². The Balaban J connectivity index is 2.03. The molecule has 1 aliphatic carbocycles. The molecule has 0 aromatic heterocycles. The van der Waals surface area contributed by atoms with Crippen LogP contribution in [0.4, 0.5) is 5.69 Å². The third-order valence-corrected chi connectivity index (χ3v) is 6.06. The highest BCUT2D eigenvalue weighted by atomic mass is 16.6. The molecule has 3 rings (SSSR count). The fourth-order valence-electron chi connectivity index (χ4n) is 3.99. The first kappa shape index (κ1) is 15.1. The normalized spacial score (nSPS) is 31.9. The van der Waals surface area contributed by atoms with E-state index in [-0.39, 0.29) is 11.9 Å². The summed E-state index contributed by atoms with van der Waals surface area (Å²) in [4.78, 5) is 27.4. The summed E-state index contributed by atoms with van der Waals surface area (Å²) < 4.78 is 5.70. The molecule has 1 aromatic carbocycles. The van der Waals surface area contributed by atoms with Crippen LogP contribution in [0.5, 0.6) is 0 Å². The Morgan fingerprint density at radius 3 is 2.27 bits per heavy atom. The van der Waals surface area contributed by atoms with Crippen LogP contribution >= 0.6 is 0 Å². The Morgan fingerprint density at radius 1 is 1.18 bits per heavy atom. The Hall–Kier alpha value is -1.84. The van der Waals surface area contributed by atoms with Gasteiger partial charge in [0.2, 0.25) is 0 Å². The number of ether oxygens (including phenoxy) is 1. The van der Waals surface area contributed by atoms with Crippen LogP contribution in [0.3, 0.4) is 0 Å². The molecule has 0 N–H and O–H groups in total. The lowest BCUT2D eigenvalue weighted by molar-refractivity contribution is -0.167. The standard InChI is InChI=1S/C18H23NO3/c1-5-19(13-9-7-6-8-10-13)14(20)18-12-11-17(4,15(21)22-18)16(18,2)3/h6-10H,5,11-12H2,1-4H3/t17-,18-/m0/s1. The number of likely N-dealkylation sites (N-methyl/N-ethyl adjacent to an activating group) is 1. The molecule has 4 heteroatoms. The third kappa shape index (κ3) is 1.58. The highest BCUT2D eigenvalue weighted by Gasteiger charge is 2.76. The van der Waals surface area contributed by atoms with Crippen LogP contribution < -0.4 is 4.90 Å². The highest BCUT2D eigenvalue weighted by molar-refractivity contribution is 6.04. The summed E-state index contributed by atoms with van der Waals surface area (Å²) in [6, 6.07) is 9.57. The predicted octanol–water partition coefficient (Wildman–Crippen LogP) is 3.16. The fourth-order valence-corrected chi connectivity index (χ4v) is 3.99. The van der Waals surface area contributed by atoms with E-state index in [1.807, 2.05) is 58.0 Å². The number of nitrogens with zero attached hydrogens (tertiary/aromatic N) is 1. The lowest BCUT2D eigenvalue weighted by Gasteiger charge is -2.38. The van der Waals surface area contributed by atoms with E-state index in [1.165, 1.54) is 0 Å². The van der Waals surface area contributed by atoms with Crippen molar-refractivity contribution in [1.29, 1.82) is 0 Å². The van der Waals surface area contributed by atoms with Gasteiger partial charge in [0.25, 0.3) is 5.91 Å². The number of hydrogen-bond acceptors (Lipinski definition) is 3. The second-order valence-corrected chi connectivity index (χ2v) is 7.06. The Kier molecular flexibility index (Phi) is 3.13. The molecular formula is C18H23NO3. The number of hydrogen-bond donors (Lipinski definition) is 0. The summed E-state index contributed by atoms with van der Waals surface area (Å²) in [5.74, 6) is -0.331. The van der Waals surface area contributed by atoms with Crippen LogP contribution in [0, 0.1) is 10.8 Å². The number of anilines is 1. The van der Waals surface area contributed by atoms with Gasteiger partial charge in [0, 0.05) is 17.6 Å². The van der Waals surface area contributed by atoms with Gasteiger partial charge in [-0.3, -0.25) is 9.59 Å². The minimum atomic E-state index is -1.04. The van der Waals surface area contributed by atoms with Crippen molar-refractivity contribution in [3.63, 3.8) is 0 Å². The molecule has 118 valence electrons. The van der Waals surface area contributed by atoms with Gasteiger partial charge < -0.3 is 9.64 Å². The van der Waals surface area contributed by atoms with E-state index in [4.69, 9.17) is 4.74 Å². The van der Waals surface area contributed by atoms with Gasteiger partial charge in [-0.15, -0.1) is 0 Å². The fraction of sp³-hybridized carbons (Fsp3) is 0.556. The van der Waals surface area contributed by atoms with Gasteiger partial charge in [0.15, 0.2) is 5.60 Å². The molecule has 2 fully saturated rings. The molecule has 1 aromatic rings. The zero-order chi connectivity index (χ0) is 16.2. The number of benzene rings is 1. The molecule has 1 heterocycles. The van der Waals surface area contributed by atoms with Gasteiger partial charge in [-0.2, -0.15) is 0 Å². The first-order valence-electron chi connectivity index (χ1n) is 7.90.